The molecule has 35 heavy (non-hydrogen) atoms. The lowest BCUT2D eigenvalue weighted by Gasteiger charge is -2.27. The molecule has 2 amide bonds. The molecule has 0 heterocycles. The van der Waals surface area contributed by atoms with Crippen molar-refractivity contribution in [2.24, 2.45) is 0 Å². The predicted molar refractivity (Wildman–Crippen MR) is 144 cm³/mol. The highest BCUT2D eigenvalue weighted by Gasteiger charge is 2.21. The average molecular weight is 463 g/mol. The summed E-state index contributed by atoms with van der Waals surface area (Å²) in [5, 5.41) is 0. The van der Waals surface area contributed by atoms with Crippen LogP contribution in [0.25, 0.3) is 0 Å². The Morgan fingerprint density at radius 3 is 1.71 bits per heavy atom. The molecule has 0 aromatic heterocycles. The normalized spacial score (nSPS) is 10.6. The standard InChI is InChI=1S/C31H30N2O2/c1-22-14-17-29(18-15-22)33(25(4)35)31-19-16-23(2)20-27(31)21-26-10-8-9-13-30(26)32(24(3)34)28-11-6-5-7-12-28/h5-20H,21H2,1-4H3. The van der Waals surface area contributed by atoms with Gasteiger partial charge in [0.05, 0.1) is 11.4 Å². The second-order valence-corrected chi connectivity index (χ2v) is 8.82. The molecule has 0 aliphatic rings. The third-order valence-corrected chi connectivity index (χ3v) is 6.03. The average Bonchev–Trinajstić information content (AvgIpc) is 2.83. The van der Waals surface area contributed by atoms with Gasteiger partial charge in [-0.15, -0.1) is 0 Å². The highest BCUT2D eigenvalue weighted by Crippen LogP contribution is 2.35. The van der Waals surface area contributed by atoms with E-state index < -0.39 is 0 Å². The van der Waals surface area contributed by atoms with Crippen molar-refractivity contribution in [3.8, 4) is 0 Å². The second-order valence-electron chi connectivity index (χ2n) is 8.82. The van der Waals surface area contributed by atoms with Gasteiger partial charge in [0, 0.05) is 31.6 Å². The van der Waals surface area contributed by atoms with Crippen LogP contribution in [0.2, 0.25) is 0 Å². The lowest BCUT2D eigenvalue weighted by Crippen LogP contribution is -2.25. The number of carbonyl (C=O) groups is 2. The van der Waals surface area contributed by atoms with Gasteiger partial charge in [-0.2, -0.15) is 0 Å². The SMILES string of the molecule is CC(=O)N(c1ccccc1)c1ccccc1Cc1cc(C)ccc1N(C(C)=O)c1ccc(C)cc1. The molecule has 0 unspecified atom stereocenters. The first-order valence-corrected chi connectivity index (χ1v) is 11.8. The largest absolute Gasteiger partial charge is 0.281 e. The van der Waals surface area contributed by atoms with Gasteiger partial charge in [0.25, 0.3) is 0 Å². The zero-order valence-corrected chi connectivity index (χ0v) is 20.7. The summed E-state index contributed by atoms with van der Waals surface area (Å²) in [6, 6.07) is 31.8. The van der Waals surface area contributed by atoms with E-state index in [1.54, 1.807) is 23.6 Å². The second kappa shape index (κ2) is 10.4. The number of nitrogens with zero attached hydrogens (tertiary/aromatic N) is 2. The Balaban J connectivity index is 1.81. The number of anilines is 4. The van der Waals surface area contributed by atoms with Crippen molar-refractivity contribution in [2.45, 2.75) is 34.1 Å². The van der Waals surface area contributed by atoms with Gasteiger partial charge in [0.1, 0.15) is 0 Å². The molecule has 0 saturated carbocycles. The highest BCUT2D eigenvalue weighted by atomic mass is 16.2. The van der Waals surface area contributed by atoms with Crippen LogP contribution in [0.4, 0.5) is 22.7 Å². The van der Waals surface area contributed by atoms with Crippen LogP contribution in [-0.4, -0.2) is 11.8 Å². The fourth-order valence-corrected chi connectivity index (χ4v) is 4.41. The quantitative estimate of drug-likeness (QED) is 0.302. The first-order chi connectivity index (χ1) is 16.8. The molecule has 4 heteroatoms. The lowest BCUT2D eigenvalue weighted by molar-refractivity contribution is -0.116. The number of aryl methyl sites for hydroxylation is 2. The van der Waals surface area contributed by atoms with E-state index in [1.165, 1.54) is 0 Å². The molecule has 0 radical (unpaired) electrons. The molecule has 0 saturated heterocycles. The Labute approximate surface area is 207 Å². The molecule has 0 bridgehead atoms. The van der Waals surface area contributed by atoms with Crippen molar-refractivity contribution < 1.29 is 9.59 Å². The van der Waals surface area contributed by atoms with Crippen LogP contribution in [0.5, 0.6) is 0 Å². The summed E-state index contributed by atoms with van der Waals surface area (Å²) in [7, 11) is 0. The van der Waals surface area contributed by atoms with Gasteiger partial charge in [-0.05, 0) is 61.4 Å². The van der Waals surface area contributed by atoms with Gasteiger partial charge >= 0.3 is 0 Å². The Morgan fingerprint density at radius 1 is 0.571 bits per heavy atom. The third-order valence-electron chi connectivity index (χ3n) is 6.03. The molecule has 4 aromatic carbocycles. The molecular formula is C31H30N2O2. The van der Waals surface area contributed by atoms with Crippen molar-refractivity contribution in [1.29, 1.82) is 0 Å². The molecule has 4 aromatic rings. The van der Waals surface area contributed by atoms with Crippen LogP contribution in [0.3, 0.4) is 0 Å². The topological polar surface area (TPSA) is 40.6 Å². The minimum atomic E-state index is -0.0573. The summed E-state index contributed by atoms with van der Waals surface area (Å²) in [5.74, 6) is -0.111. The van der Waals surface area contributed by atoms with Gasteiger partial charge in [0.15, 0.2) is 0 Å². The van der Waals surface area contributed by atoms with Crippen LogP contribution >= 0.6 is 0 Å². The first kappa shape index (κ1) is 24.0. The van der Waals surface area contributed by atoms with E-state index in [4.69, 9.17) is 0 Å². The summed E-state index contributed by atoms with van der Waals surface area (Å²) in [6.07, 6.45) is 0.569. The molecule has 0 atom stereocenters. The third kappa shape index (κ3) is 5.33. The minimum absolute atomic E-state index is 0.0538. The van der Waals surface area contributed by atoms with Crippen molar-refractivity contribution in [3.63, 3.8) is 0 Å². The van der Waals surface area contributed by atoms with E-state index in [2.05, 4.69) is 13.0 Å². The van der Waals surface area contributed by atoms with Crippen molar-refractivity contribution in [2.75, 3.05) is 9.80 Å². The monoisotopic (exact) mass is 462 g/mol. The molecule has 0 aliphatic heterocycles. The molecule has 0 fully saturated rings. The van der Waals surface area contributed by atoms with E-state index in [1.807, 2.05) is 97.9 Å². The number of benzene rings is 4. The smallest absolute Gasteiger partial charge is 0.228 e. The highest BCUT2D eigenvalue weighted by molar-refractivity contribution is 6.01. The Morgan fingerprint density at radius 2 is 1.09 bits per heavy atom. The van der Waals surface area contributed by atoms with E-state index in [0.717, 1.165) is 45.0 Å². The van der Waals surface area contributed by atoms with Crippen molar-refractivity contribution in [1.82, 2.24) is 0 Å². The molecule has 0 N–H and O–H groups in total. The van der Waals surface area contributed by atoms with Crippen LogP contribution < -0.4 is 9.80 Å². The molecule has 0 spiro atoms. The van der Waals surface area contributed by atoms with Gasteiger partial charge < -0.3 is 0 Å². The summed E-state index contributed by atoms with van der Waals surface area (Å²) in [4.78, 5) is 29.1. The molecular weight excluding hydrogens is 432 g/mol. The van der Waals surface area contributed by atoms with E-state index >= 15 is 0 Å². The fourth-order valence-electron chi connectivity index (χ4n) is 4.41. The zero-order chi connectivity index (χ0) is 24.9. The van der Waals surface area contributed by atoms with Crippen molar-refractivity contribution in [3.05, 3.63) is 119 Å². The van der Waals surface area contributed by atoms with Gasteiger partial charge in [-0.3, -0.25) is 19.4 Å². The van der Waals surface area contributed by atoms with E-state index in [9.17, 15) is 9.59 Å². The molecule has 4 nitrogen and oxygen atoms in total. The maximum Gasteiger partial charge on any atom is 0.228 e. The Bertz CT molecular complexity index is 1340. The number of carbonyl (C=O) groups excluding carboxylic acids is 2. The maximum atomic E-state index is 12.8. The maximum absolute atomic E-state index is 12.8. The van der Waals surface area contributed by atoms with Gasteiger partial charge in [-0.25, -0.2) is 0 Å². The summed E-state index contributed by atoms with van der Waals surface area (Å²) in [5.41, 5.74) is 7.61. The zero-order valence-electron chi connectivity index (χ0n) is 20.7. The van der Waals surface area contributed by atoms with Crippen LogP contribution in [0.15, 0.2) is 97.1 Å². The molecule has 176 valence electrons. The van der Waals surface area contributed by atoms with Crippen LogP contribution in [0.1, 0.15) is 36.1 Å². The minimum Gasteiger partial charge on any atom is -0.281 e. The molecule has 0 aliphatic carbocycles. The summed E-state index contributed by atoms with van der Waals surface area (Å²) >= 11 is 0. The Hall–Kier alpha value is -4.18. The fraction of sp³-hybridized carbons (Fsp3) is 0.161. The lowest BCUT2D eigenvalue weighted by atomic mass is 9.98. The van der Waals surface area contributed by atoms with E-state index in [0.29, 0.717) is 6.42 Å². The van der Waals surface area contributed by atoms with Crippen molar-refractivity contribution >= 4 is 34.6 Å². The molecule has 4 rings (SSSR count). The summed E-state index contributed by atoms with van der Waals surface area (Å²) < 4.78 is 0. The number of para-hydroxylation sites is 2. The van der Waals surface area contributed by atoms with Gasteiger partial charge in [-0.1, -0.05) is 71.8 Å². The first-order valence-electron chi connectivity index (χ1n) is 11.8. The number of hydrogen-bond donors (Lipinski definition) is 0. The number of hydrogen-bond acceptors (Lipinski definition) is 2. The predicted octanol–water partition coefficient (Wildman–Crippen LogP) is 7.26. The number of rotatable bonds is 6. The Kier molecular flexibility index (Phi) is 7.11. The van der Waals surface area contributed by atoms with Crippen LogP contribution in [-0.2, 0) is 16.0 Å². The summed E-state index contributed by atoms with van der Waals surface area (Å²) in [6.45, 7) is 7.25. The number of amides is 2. The van der Waals surface area contributed by atoms with Gasteiger partial charge in [0.2, 0.25) is 11.8 Å². The van der Waals surface area contributed by atoms with E-state index in [-0.39, 0.29) is 11.8 Å². The van der Waals surface area contributed by atoms with Crippen LogP contribution in [0, 0.1) is 13.8 Å².